The Kier molecular flexibility index (Phi) is 5.00. The van der Waals surface area contributed by atoms with Gasteiger partial charge < -0.3 is 10.2 Å². The second kappa shape index (κ2) is 6.32. The average Bonchev–Trinajstić information content (AvgIpc) is 2.88. The van der Waals surface area contributed by atoms with E-state index in [1.54, 1.807) is 0 Å². The first-order valence-corrected chi connectivity index (χ1v) is 8.66. The van der Waals surface area contributed by atoms with Gasteiger partial charge in [0, 0.05) is 18.6 Å². The molecular formula is C12H25N3O2S. The van der Waals surface area contributed by atoms with Crippen LogP contribution in [0.5, 0.6) is 0 Å². The molecule has 2 heterocycles. The van der Waals surface area contributed by atoms with E-state index in [2.05, 4.69) is 14.9 Å². The van der Waals surface area contributed by atoms with Crippen LogP contribution in [0.1, 0.15) is 32.6 Å². The normalized spacial score (nSPS) is 27.7. The number of nitrogens with one attached hydrogen (secondary N) is 2. The Morgan fingerprint density at radius 1 is 1.33 bits per heavy atom. The fourth-order valence-corrected chi connectivity index (χ4v) is 4.51. The van der Waals surface area contributed by atoms with E-state index in [-0.39, 0.29) is 17.8 Å². The molecule has 2 aliphatic rings. The van der Waals surface area contributed by atoms with Crippen LogP contribution in [0.15, 0.2) is 0 Å². The Bertz CT molecular complexity index is 346. The molecule has 2 aliphatic heterocycles. The molecule has 0 amide bonds. The molecule has 0 radical (unpaired) electrons. The van der Waals surface area contributed by atoms with Gasteiger partial charge in [0.05, 0.1) is 5.75 Å². The van der Waals surface area contributed by atoms with Crippen molar-refractivity contribution >= 4 is 10.0 Å². The van der Waals surface area contributed by atoms with Crippen LogP contribution in [0.4, 0.5) is 0 Å². The molecule has 0 aromatic rings. The van der Waals surface area contributed by atoms with E-state index < -0.39 is 10.0 Å². The molecule has 2 N–H and O–H groups in total. The van der Waals surface area contributed by atoms with Crippen LogP contribution in [0.3, 0.4) is 0 Å². The Hall–Kier alpha value is -0.170. The molecule has 0 aromatic carbocycles. The lowest BCUT2D eigenvalue weighted by Gasteiger charge is -2.22. The third-order valence-corrected chi connectivity index (χ3v) is 5.30. The smallest absolute Gasteiger partial charge is 0.213 e. The monoisotopic (exact) mass is 275 g/mol. The van der Waals surface area contributed by atoms with Gasteiger partial charge in [-0.05, 0) is 52.2 Å². The standard InChI is InChI=1S/C12H25N3O2S/c1-11(9-15-7-2-3-8-15)14-18(16,17)10-12-5-4-6-13-12/h11-14H,2-10H2,1H3. The van der Waals surface area contributed by atoms with Crippen molar-refractivity contribution in [3.63, 3.8) is 0 Å². The van der Waals surface area contributed by atoms with E-state index in [9.17, 15) is 8.42 Å². The zero-order chi connectivity index (χ0) is 13.0. The number of hydrogen-bond acceptors (Lipinski definition) is 4. The summed E-state index contributed by atoms with van der Waals surface area (Å²) in [6, 6.07) is 0.149. The van der Waals surface area contributed by atoms with Crippen LogP contribution >= 0.6 is 0 Å². The van der Waals surface area contributed by atoms with Gasteiger partial charge in [-0.1, -0.05) is 0 Å². The van der Waals surface area contributed by atoms with E-state index >= 15 is 0 Å². The summed E-state index contributed by atoms with van der Waals surface area (Å²) in [4.78, 5) is 2.33. The van der Waals surface area contributed by atoms with Crippen molar-refractivity contribution in [2.24, 2.45) is 0 Å². The maximum absolute atomic E-state index is 12.0. The molecule has 0 bridgehead atoms. The summed E-state index contributed by atoms with van der Waals surface area (Å²) in [5, 5.41) is 3.23. The topological polar surface area (TPSA) is 61.4 Å². The molecule has 0 aromatic heterocycles. The summed E-state index contributed by atoms with van der Waals surface area (Å²) in [5.74, 6) is 0.220. The van der Waals surface area contributed by atoms with Crippen LogP contribution in [0.2, 0.25) is 0 Å². The molecule has 6 heteroatoms. The highest BCUT2D eigenvalue weighted by atomic mass is 32.2. The van der Waals surface area contributed by atoms with Crippen molar-refractivity contribution in [2.75, 3.05) is 31.9 Å². The van der Waals surface area contributed by atoms with E-state index in [1.165, 1.54) is 12.8 Å². The van der Waals surface area contributed by atoms with E-state index in [0.717, 1.165) is 39.0 Å². The molecule has 18 heavy (non-hydrogen) atoms. The minimum absolute atomic E-state index is 0.00880. The fourth-order valence-electron chi connectivity index (χ4n) is 2.91. The molecule has 2 saturated heterocycles. The van der Waals surface area contributed by atoms with Gasteiger partial charge >= 0.3 is 0 Å². The van der Waals surface area contributed by atoms with Crippen molar-refractivity contribution in [1.29, 1.82) is 0 Å². The van der Waals surface area contributed by atoms with E-state index in [1.807, 2.05) is 6.92 Å². The minimum atomic E-state index is -3.15. The van der Waals surface area contributed by atoms with Crippen LogP contribution in [0.25, 0.3) is 0 Å². The van der Waals surface area contributed by atoms with Crippen LogP contribution in [-0.4, -0.2) is 57.3 Å². The zero-order valence-corrected chi connectivity index (χ0v) is 12.0. The summed E-state index contributed by atoms with van der Waals surface area (Å²) in [6.45, 7) is 5.95. The third-order valence-electron chi connectivity index (χ3n) is 3.69. The molecule has 2 rings (SSSR count). The number of sulfonamides is 1. The molecule has 2 unspecified atom stereocenters. The van der Waals surface area contributed by atoms with Crippen LogP contribution in [-0.2, 0) is 10.0 Å². The quantitative estimate of drug-likeness (QED) is 0.724. The zero-order valence-electron chi connectivity index (χ0n) is 11.2. The van der Waals surface area contributed by atoms with Crippen molar-refractivity contribution in [2.45, 2.75) is 44.7 Å². The van der Waals surface area contributed by atoms with Crippen molar-refractivity contribution in [3.05, 3.63) is 0 Å². The third kappa shape index (κ3) is 4.50. The molecule has 0 aliphatic carbocycles. The predicted molar refractivity (Wildman–Crippen MR) is 73.1 cm³/mol. The number of likely N-dealkylation sites (tertiary alicyclic amines) is 1. The molecule has 2 atom stereocenters. The van der Waals surface area contributed by atoms with Crippen LogP contribution in [0, 0.1) is 0 Å². The lowest BCUT2D eigenvalue weighted by Crippen LogP contribution is -2.44. The van der Waals surface area contributed by atoms with Gasteiger partial charge in [0.15, 0.2) is 0 Å². The second-order valence-corrected chi connectivity index (χ2v) is 7.40. The summed E-state index contributed by atoms with van der Waals surface area (Å²) < 4.78 is 26.8. The molecule has 5 nitrogen and oxygen atoms in total. The average molecular weight is 275 g/mol. The first-order chi connectivity index (χ1) is 8.55. The first kappa shape index (κ1) is 14.2. The van der Waals surface area contributed by atoms with Gasteiger partial charge in [-0.25, -0.2) is 13.1 Å². The second-order valence-electron chi connectivity index (χ2n) is 5.60. The Morgan fingerprint density at radius 3 is 2.67 bits per heavy atom. The molecule has 2 fully saturated rings. The minimum Gasteiger partial charge on any atom is -0.313 e. The fraction of sp³-hybridized carbons (Fsp3) is 1.00. The Balaban J connectivity index is 1.75. The summed E-state index contributed by atoms with van der Waals surface area (Å²) in [6.07, 6.45) is 4.54. The summed E-state index contributed by atoms with van der Waals surface area (Å²) in [5.41, 5.74) is 0. The highest BCUT2D eigenvalue weighted by molar-refractivity contribution is 7.89. The van der Waals surface area contributed by atoms with E-state index in [0.29, 0.717) is 0 Å². The van der Waals surface area contributed by atoms with Crippen molar-refractivity contribution in [1.82, 2.24) is 14.9 Å². The molecule has 0 spiro atoms. The van der Waals surface area contributed by atoms with Crippen molar-refractivity contribution < 1.29 is 8.42 Å². The van der Waals surface area contributed by atoms with Gasteiger partial charge in [0.1, 0.15) is 0 Å². The number of hydrogen-bond donors (Lipinski definition) is 2. The van der Waals surface area contributed by atoms with E-state index in [4.69, 9.17) is 0 Å². The summed E-state index contributed by atoms with van der Waals surface area (Å²) in [7, 11) is -3.15. The lowest BCUT2D eigenvalue weighted by atomic mass is 10.3. The Labute approximate surface area is 110 Å². The summed E-state index contributed by atoms with van der Waals surface area (Å²) >= 11 is 0. The largest absolute Gasteiger partial charge is 0.313 e. The number of nitrogens with zero attached hydrogens (tertiary/aromatic N) is 1. The lowest BCUT2D eigenvalue weighted by molar-refractivity contribution is 0.312. The first-order valence-electron chi connectivity index (χ1n) is 7.01. The molecule has 106 valence electrons. The van der Waals surface area contributed by atoms with Gasteiger partial charge in [-0.15, -0.1) is 0 Å². The van der Waals surface area contributed by atoms with Gasteiger partial charge in [-0.2, -0.15) is 0 Å². The van der Waals surface area contributed by atoms with Gasteiger partial charge in [-0.3, -0.25) is 0 Å². The molecular weight excluding hydrogens is 250 g/mol. The highest BCUT2D eigenvalue weighted by Crippen LogP contribution is 2.09. The van der Waals surface area contributed by atoms with Crippen molar-refractivity contribution in [3.8, 4) is 0 Å². The maximum Gasteiger partial charge on any atom is 0.213 e. The number of rotatable bonds is 6. The highest BCUT2D eigenvalue weighted by Gasteiger charge is 2.24. The van der Waals surface area contributed by atoms with Crippen LogP contribution < -0.4 is 10.0 Å². The Morgan fingerprint density at radius 2 is 2.06 bits per heavy atom. The predicted octanol–water partition coefficient (Wildman–Crippen LogP) is 0.142. The maximum atomic E-state index is 12.0. The van der Waals surface area contributed by atoms with Gasteiger partial charge in [0.2, 0.25) is 10.0 Å². The van der Waals surface area contributed by atoms with Gasteiger partial charge in [0.25, 0.3) is 0 Å². The SMILES string of the molecule is CC(CN1CCCC1)NS(=O)(=O)CC1CCCN1. The molecule has 0 saturated carbocycles.